The van der Waals surface area contributed by atoms with Crippen LogP contribution in [-0.4, -0.2) is 38.1 Å². The van der Waals surface area contributed by atoms with Gasteiger partial charge in [0, 0.05) is 23.7 Å². The van der Waals surface area contributed by atoms with E-state index < -0.39 is 17.9 Å². The molecule has 1 atom stereocenters. The number of aryl methyl sites for hydroxylation is 2. The second-order valence-electron chi connectivity index (χ2n) is 5.98. The van der Waals surface area contributed by atoms with Crippen LogP contribution in [0.4, 0.5) is 0 Å². The number of carbonyl (C=O) groups excluding carboxylic acids is 1. The summed E-state index contributed by atoms with van der Waals surface area (Å²) in [5, 5.41) is 16.5. The zero-order valence-corrected chi connectivity index (χ0v) is 13.9. The Bertz CT molecular complexity index is 914. The number of carboxylic acids is 1. The topological polar surface area (TPSA) is 121 Å². The number of imidazole rings is 1. The zero-order valence-electron chi connectivity index (χ0n) is 13.9. The fraction of sp³-hybridized carbons (Fsp3) is 0.294. The lowest BCUT2D eigenvalue weighted by atomic mass is 10.1. The highest BCUT2D eigenvalue weighted by Gasteiger charge is 2.22. The lowest BCUT2D eigenvalue weighted by Gasteiger charge is -2.13. The highest BCUT2D eigenvalue weighted by molar-refractivity contribution is 5.89. The smallest absolute Gasteiger partial charge is 0.326 e. The lowest BCUT2D eigenvalue weighted by molar-refractivity contribution is -0.141. The van der Waals surface area contributed by atoms with Crippen molar-refractivity contribution in [2.24, 2.45) is 0 Å². The van der Waals surface area contributed by atoms with Gasteiger partial charge in [0.2, 0.25) is 5.91 Å². The number of rotatable bonds is 6. The van der Waals surface area contributed by atoms with Crippen molar-refractivity contribution in [3.63, 3.8) is 0 Å². The van der Waals surface area contributed by atoms with Crippen molar-refractivity contribution in [3.8, 4) is 0 Å². The van der Waals surface area contributed by atoms with Crippen molar-refractivity contribution in [1.82, 2.24) is 20.4 Å². The molecule has 0 aliphatic carbocycles. The molecule has 2 heterocycles. The Labute approximate surface area is 143 Å². The molecule has 2 aromatic heterocycles. The van der Waals surface area contributed by atoms with Crippen LogP contribution in [-0.2, 0) is 22.4 Å². The van der Waals surface area contributed by atoms with Gasteiger partial charge in [0.1, 0.15) is 11.7 Å². The first-order chi connectivity index (χ1) is 11.9. The van der Waals surface area contributed by atoms with Gasteiger partial charge >= 0.3 is 5.97 Å². The summed E-state index contributed by atoms with van der Waals surface area (Å²) < 4.78 is 5.26. The lowest BCUT2D eigenvalue weighted by Crippen LogP contribution is -2.43. The maximum Gasteiger partial charge on any atom is 0.326 e. The van der Waals surface area contributed by atoms with Gasteiger partial charge in [-0.3, -0.25) is 4.79 Å². The standard InChI is InChI=1S/C17H18N4O4/c1-9-3-12-13(21-25-15(12)4-10(9)2)6-16(22)20-14(17(23)24)5-11-7-18-8-19-11/h3-4,7-8,14H,5-6H2,1-2H3,(H,18,19)(H,20,22)(H,23,24). The van der Waals surface area contributed by atoms with Crippen molar-refractivity contribution >= 4 is 22.8 Å². The largest absolute Gasteiger partial charge is 0.480 e. The van der Waals surface area contributed by atoms with Crippen LogP contribution in [0.2, 0.25) is 0 Å². The fourth-order valence-corrected chi connectivity index (χ4v) is 2.59. The minimum Gasteiger partial charge on any atom is -0.480 e. The van der Waals surface area contributed by atoms with Crippen LogP contribution in [0, 0.1) is 13.8 Å². The Morgan fingerprint density at radius 2 is 2.08 bits per heavy atom. The number of carboxylic acid groups (broad SMARTS) is 1. The van der Waals surface area contributed by atoms with E-state index in [9.17, 15) is 14.7 Å². The van der Waals surface area contributed by atoms with Gasteiger partial charge in [-0.05, 0) is 37.1 Å². The van der Waals surface area contributed by atoms with Gasteiger partial charge in [-0.25, -0.2) is 9.78 Å². The number of aliphatic carboxylic acids is 1. The van der Waals surface area contributed by atoms with E-state index in [-0.39, 0.29) is 12.8 Å². The summed E-state index contributed by atoms with van der Waals surface area (Å²) in [6.45, 7) is 3.94. The van der Waals surface area contributed by atoms with Crippen molar-refractivity contribution in [2.75, 3.05) is 0 Å². The first-order valence-corrected chi connectivity index (χ1v) is 7.79. The van der Waals surface area contributed by atoms with E-state index >= 15 is 0 Å². The number of benzene rings is 1. The van der Waals surface area contributed by atoms with E-state index in [0.717, 1.165) is 16.5 Å². The summed E-state index contributed by atoms with van der Waals surface area (Å²) >= 11 is 0. The first-order valence-electron chi connectivity index (χ1n) is 7.79. The highest BCUT2D eigenvalue weighted by Crippen LogP contribution is 2.23. The molecule has 8 nitrogen and oxygen atoms in total. The van der Waals surface area contributed by atoms with Crippen LogP contribution in [0.1, 0.15) is 22.5 Å². The third kappa shape index (κ3) is 3.68. The average Bonchev–Trinajstić information content (AvgIpc) is 3.18. The van der Waals surface area contributed by atoms with Gasteiger partial charge in [-0.2, -0.15) is 0 Å². The van der Waals surface area contributed by atoms with Crippen molar-refractivity contribution < 1.29 is 19.2 Å². The number of aromatic amines is 1. The molecular weight excluding hydrogens is 324 g/mol. The maximum atomic E-state index is 12.3. The number of nitrogens with one attached hydrogen (secondary N) is 2. The Kier molecular flexibility index (Phi) is 4.51. The molecule has 0 radical (unpaired) electrons. The number of fused-ring (bicyclic) bond motifs is 1. The van der Waals surface area contributed by atoms with Crippen LogP contribution < -0.4 is 5.32 Å². The second kappa shape index (κ2) is 6.76. The van der Waals surface area contributed by atoms with Crippen LogP contribution in [0.25, 0.3) is 11.0 Å². The maximum absolute atomic E-state index is 12.3. The predicted octanol–water partition coefficient (Wildman–Crippen LogP) is 1.52. The van der Waals surface area contributed by atoms with Gasteiger partial charge in [-0.1, -0.05) is 5.16 Å². The molecule has 8 heteroatoms. The van der Waals surface area contributed by atoms with Crippen LogP contribution in [0.3, 0.4) is 0 Å². The van der Waals surface area contributed by atoms with Gasteiger partial charge in [-0.15, -0.1) is 0 Å². The molecule has 3 aromatic rings. The third-order valence-electron chi connectivity index (χ3n) is 4.10. The summed E-state index contributed by atoms with van der Waals surface area (Å²) in [7, 11) is 0. The summed E-state index contributed by atoms with van der Waals surface area (Å²) in [6, 6.07) is 2.75. The van der Waals surface area contributed by atoms with Gasteiger partial charge in [0.15, 0.2) is 5.58 Å². The SMILES string of the molecule is Cc1cc2onc(CC(=O)NC(Cc3cnc[nH]3)C(=O)O)c2cc1C. The van der Waals surface area contributed by atoms with Crippen molar-refractivity contribution in [3.05, 3.63) is 47.2 Å². The normalized spacial score (nSPS) is 12.2. The molecule has 0 spiro atoms. The minimum absolute atomic E-state index is 0.0533. The monoisotopic (exact) mass is 342 g/mol. The molecule has 3 N–H and O–H groups in total. The predicted molar refractivity (Wildman–Crippen MR) is 89.0 cm³/mol. The molecule has 0 saturated heterocycles. The molecule has 130 valence electrons. The molecule has 0 bridgehead atoms. The second-order valence-corrected chi connectivity index (χ2v) is 5.98. The van der Waals surface area contributed by atoms with E-state index in [0.29, 0.717) is 17.0 Å². The molecule has 0 fully saturated rings. The van der Waals surface area contributed by atoms with Crippen LogP contribution in [0.5, 0.6) is 0 Å². The molecule has 3 rings (SSSR count). The van der Waals surface area contributed by atoms with E-state index in [4.69, 9.17) is 4.52 Å². The summed E-state index contributed by atoms with van der Waals surface area (Å²) in [6.07, 6.45) is 3.06. The quantitative estimate of drug-likeness (QED) is 0.624. The Morgan fingerprint density at radius 3 is 2.76 bits per heavy atom. The minimum atomic E-state index is -1.11. The van der Waals surface area contributed by atoms with Crippen LogP contribution in [0.15, 0.2) is 29.2 Å². The molecule has 0 saturated carbocycles. The molecule has 1 unspecified atom stereocenters. The molecule has 1 amide bonds. The van der Waals surface area contributed by atoms with E-state index in [1.165, 1.54) is 12.5 Å². The fourth-order valence-electron chi connectivity index (χ4n) is 2.59. The number of amides is 1. The Hall–Kier alpha value is -3.16. The van der Waals surface area contributed by atoms with Gasteiger partial charge < -0.3 is 19.9 Å². The number of nitrogens with zero attached hydrogens (tertiary/aromatic N) is 2. The third-order valence-corrected chi connectivity index (χ3v) is 4.10. The van der Waals surface area contributed by atoms with Crippen molar-refractivity contribution in [1.29, 1.82) is 0 Å². The van der Waals surface area contributed by atoms with Crippen LogP contribution >= 0.6 is 0 Å². The average molecular weight is 342 g/mol. The van der Waals surface area contributed by atoms with Gasteiger partial charge in [0.05, 0.1) is 12.7 Å². The zero-order chi connectivity index (χ0) is 18.0. The van der Waals surface area contributed by atoms with Crippen molar-refractivity contribution in [2.45, 2.75) is 32.7 Å². The molecule has 1 aromatic carbocycles. The number of carbonyl (C=O) groups is 2. The highest BCUT2D eigenvalue weighted by atomic mass is 16.5. The van der Waals surface area contributed by atoms with E-state index in [1.807, 2.05) is 26.0 Å². The molecular formula is C17H18N4O4. The molecule has 0 aliphatic heterocycles. The van der Waals surface area contributed by atoms with E-state index in [1.54, 1.807) is 0 Å². The number of hydrogen-bond acceptors (Lipinski definition) is 5. The summed E-state index contributed by atoms with van der Waals surface area (Å²) in [5.74, 6) is -1.54. The number of H-pyrrole nitrogens is 1. The summed E-state index contributed by atoms with van der Waals surface area (Å²) in [5.41, 5.74) is 3.87. The Morgan fingerprint density at radius 1 is 1.32 bits per heavy atom. The first kappa shape index (κ1) is 16.7. The molecule has 25 heavy (non-hydrogen) atoms. The number of aromatic nitrogens is 3. The number of hydrogen-bond donors (Lipinski definition) is 3. The molecule has 0 aliphatic rings. The van der Waals surface area contributed by atoms with Gasteiger partial charge in [0.25, 0.3) is 0 Å². The Balaban J connectivity index is 1.73. The summed E-state index contributed by atoms with van der Waals surface area (Å²) in [4.78, 5) is 30.3. The van der Waals surface area contributed by atoms with E-state index in [2.05, 4.69) is 20.4 Å².